The highest BCUT2D eigenvalue weighted by Gasteiger charge is 2.22. The lowest BCUT2D eigenvalue weighted by atomic mass is 9.97. The van der Waals surface area contributed by atoms with Crippen LogP contribution in [0.4, 0.5) is 4.79 Å². The lowest BCUT2D eigenvalue weighted by molar-refractivity contribution is 0.147. The first-order valence-corrected chi connectivity index (χ1v) is 10.2. The average Bonchev–Trinajstić information content (AvgIpc) is 3.08. The third kappa shape index (κ3) is 4.11. The number of ether oxygens (including phenoxy) is 1. The van der Waals surface area contributed by atoms with Crippen LogP contribution in [0, 0.1) is 0 Å². The van der Waals surface area contributed by atoms with Gasteiger partial charge in [-0.2, -0.15) is 4.98 Å². The molecule has 7 nitrogen and oxygen atoms in total. The molecule has 0 saturated carbocycles. The van der Waals surface area contributed by atoms with Crippen molar-refractivity contribution in [2.45, 2.75) is 32.8 Å². The maximum atomic E-state index is 11.4. The molecule has 1 aromatic heterocycles. The zero-order chi connectivity index (χ0) is 21.3. The summed E-state index contributed by atoms with van der Waals surface area (Å²) >= 11 is 6.33. The first kappa shape index (κ1) is 20.2. The van der Waals surface area contributed by atoms with E-state index < -0.39 is 6.09 Å². The largest absolute Gasteiger partial charge is 0.489 e. The van der Waals surface area contributed by atoms with Crippen LogP contribution in [0.25, 0.3) is 22.8 Å². The van der Waals surface area contributed by atoms with Crippen molar-refractivity contribution in [3.8, 4) is 28.6 Å². The molecule has 0 radical (unpaired) electrons. The molecular formula is C22H22ClN3O4. The van der Waals surface area contributed by atoms with Gasteiger partial charge in [-0.05, 0) is 56.0 Å². The first-order chi connectivity index (χ1) is 14.4. The van der Waals surface area contributed by atoms with Gasteiger partial charge in [-0.15, -0.1) is 0 Å². The molecule has 1 amide bonds. The minimum absolute atomic E-state index is 0.0220. The van der Waals surface area contributed by atoms with E-state index in [1.54, 1.807) is 12.1 Å². The highest BCUT2D eigenvalue weighted by molar-refractivity contribution is 6.32. The summed E-state index contributed by atoms with van der Waals surface area (Å²) in [6.07, 6.45) is 0.392. The van der Waals surface area contributed by atoms with Gasteiger partial charge in [-0.25, -0.2) is 4.79 Å². The van der Waals surface area contributed by atoms with E-state index in [0.717, 1.165) is 16.7 Å². The Bertz CT molecular complexity index is 1080. The molecule has 3 aromatic rings. The number of rotatable bonds is 4. The van der Waals surface area contributed by atoms with Crippen LogP contribution in [-0.4, -0.2) is 45.4 Å². The molecule has 8 heteroatoms. The Balaban J connectivity index is 1.63. The van der Waals surface area contributed by atoms with Crippen molar-refractivity contribution < 1.29 is 19.2 Å². The normalized spacial score (nSPS) is 13.8. The van der Waals surface area contributed by atoms with Crippen LogP contribution in [0.2, 0.25) is 5.02 Å². The summed E-state index contributed by atoms with van der Waals surface area (Å²) in [7, 11) is 0. The predicted molar refractivity (Wildman–Crippen MR) is 113 cm³/mol. The molecule has 1 aliphatic heterocycles. The summed E-state index contributed by atoms with van der Waals surface area (Å²) in [6.45, 7) is 4.80. The van der Waals surface area contributed by atoms with E-state index >= 15 is 0 Å². The number of hydrogen-bond acceptors (Lipinski definition) is 5. The highest BCUT2D eigenvalue weighted by Crippen LogP contribution is 2.32. The molecule has 0 bridgehead atoms. The van der Waals surface area contributed by atoms with Crippen molar-refractivity contribution in [3.05, 3.63) is 52.5 Å². The molecule has 1 N–H and O–H groups in total. The summed E-state index contributed by atoms with van der Waals surface area (Å²) < 4.78 is 11.2. The predicted octanol–water partition coefficient (Wildman–Crippen LogP) is 4.92. The van der Waals surface area contributed by atoms with Gasteiger partial charge < -0.3 is 19.3 Å². The lowest BCUT2D eigenvalue weighted by Gasteiger charge is -2.15. The van der Waals surface area contributed by atoms with E-state index in [9.17, 15) is 9.90 Å². The fourth-order valence-electron chi connectivity index (χ4n) is 3.61. The number of amides is 1. The summed E-state index contributed by atoms with van der Waals surface area (Å²) in [6, 6.07) is 11.3. The standard InChI is InChI=1S/C22H22ClN3O4/c1-13(2)29-19-7-6-15(12-18(19)23)21-24-20(25-30-21)17-5-3-4-14-8-10-26(22(27)28)11-9-16(14)17/h3-7,12-13H,8-11H2,1-2H3,(H,27,28). The van der Waals surface area contributed by atoms with Crippen LogP contribution in [0.5, 0.6) is 5.75 Å². The van der Waals surface area contributed by atoms with Crippen molar-refractivity contribution in [2.75, 3.05) is 13.1 Å². The fourth-order valence-corrected chi connectivity index (χ4v) is 3.84. The molecule has 2 heterocycles. The summed E-state index contributed by atoms with van der Waals surface area (Å²) in [4.78, 5) is 17.4. The van der Waals surface area contributed by atoms with E-state index in [1.165, 1.54) is 4.90 Å². The van der Waals surface area contributed by atoms with E-state index in [4.69, 9.17) is 20.9 Å². The number of aromatic nitrogens is 2. The number of benzene rings is 2. The third-order valence-electron chi connectivity index (χ3n) is 5.03. The molecule has 2 aromatic carbocycles. The molecule has 0 saturated heterocycles. The Hall–Kier alpha value is -3.06. The maximum Gasteiger partial charge on any atom is 0.407 e. The number of hydrogen-bond donors (Lipinski definition) is 1. The third-order valence-corrected chi connectivity index (χ3v) is 5.33. The van der Waals surface area contributed by atoms with Crippen molar-refractivity contribution in [3.63, 3.8) is 0 Å². The molecule has 0 spiro atoms. The second kappa shape index (κ2) is 8.36. The van der Waals surface area contributed by atoms with Crippen molar-refractivity contribution >= 4 is 17.7 Å². The molecule has 4 rings (SSSR count). The minimum Gasteiger partial charge on any atom is -0.489 e. The van der Waals surface area contributed by atoms with Crippen molar-refractivity contribution in [2.24, 2.45) is 0 Å². The first-order valence-electron chi connectivity index (χ1n) is 9.81. The summed E-state index contributed by atoms with van der Waals surface area (Å²) in [5.74, 6) is 1.44. The molecule has 156 valence electrons. The molecule has 0 aliphatic carbocycles. The minimum atomic E-state index is -0.895. The summed E-state index contributed by atoms with van der Waals surface area (Å²) in [5.41, 5.74) is 3.74. The second-order valence-electron chi connectivity index (χ2n) is 7.45. The van der Waals surface area contributed by atoms with E-state index in [0.29, 0.717) is 54.0 Å². The van der Waals surface area contributed by atoms with Gasteiger partial charge in [0.2, 0.25) is 5.82 Å². The van der Waals surface area contributed by atoms with Gasteiger partial charge in [-0.1, -0.05) is 35.0 Å². The van der Waals surface area contributed by atoms with Crippen LogP contribution in [0.3, 0.4) is 0 Å². The van der Waals surface area contributed by atoms with Gasteiger partial charge in [0, 0.05) is 24.2 Å². The van der Waals surface area contributed by atoms with Gasteiger partial charge >= 0.3 is 6.09 Å². The molecule has 0 unspecified atom stereocenters. The van der Waals surface area contributed by atoms with Crippen molar-refractivity contribution in [1.82, 2.24) is 15.0 Å². The van der Waals surface area contributed by atoms with Crippen LogP contribution >= 0.6 is 11.6 Å². The van der Waals surface area contributed by atoms with Crippen LogP contribution < -0.4 is 4.74 Å². The number of halogens is 1. The number of fused-ring (bicyclic) bond motifs is 1. The Kier molecular flexibility index (Phi) is 5.63. The molecule has 0 atom stereocenters. The lowest BCUT2D eigenvalue weighted by Crippen LogP contribution is -2.31. The second-order valence-corrected chi connectivity index (χ2v) is 7.86. The van der Waals surface area contributed by atoms with E-state index in [-0.39, 0.29) is 6.10 Å². The number of carboxylic acid groups (broad SMARTS) is 1. The van der Waals surface area contributed by atoms with Crippen LogP contribution in [-0.2, 0) is 12.8 Å². The average molecular weight is 428 g/mol. The Morgan fingerprint density at radius 1 is 1.23 bits per heavy atom. The number of carbonyl (C=O) groups is 1. The quantitative estimate of drug-likeness (QED) is 0.635. The Morgan fingerprint density at radius 3 is 2.77 bits per heavy atom. The van der Waals surface area contributed by atoms with Crippen LogP contribution in [0.1, 0.15) is 25.0 Å². The van der Waals surface area contributed by atoms with E-state index in [2.05, 4.69) is 10.1 Å². The van der Waals surface area contributed by atoms with Gasteiger partial charge in [-0.3, -0.25) is 0 Å². The van der Waals surface area contributed by atoms with Gasteiger partial charge in [0.05, 0.1) is 11.1 Å². The topological polar surface area (TPSA) is 88.7 Å². The Morgan fingerprint density at radius 2 is 2.03 bits per heavy atom. The monoisotopic (exact) mass is 427 g/mol. The Labute approximate surface area is 179 Å². The van der Waals surface area contributed by atoms with Gasteiger partial charge in [0.15, 0.2) is 0 Å². The van der Waals surface area contributed by atoms with Gasteiger partial charge in [0.25, 0.3) is 5.89 Å². The zero-order valence-corrected chi connectivity index (χ0v) is 17.5. The fraction of sp³-hybridized carbons (Fsp3) is 0.318. The van der Waals surface area contributed by atoms with E-state index in [1.807, 2.05) is 38.1 Å². The molecule has 1 aliphatic rings. The number of nitrogens with zero attached hydrogens (tertiary/aromatic N) is 3. The van der Waals surface area contributed by atoms with Gasteiger partial charge in [0.1, 0.15) is 5.75 Å². The van der Waals surface area contributed by atoms with Crippen LogP contribution in [0.15, 0.2) is 40.9 Å². The smallest absolute Gasteiger partial charge is 0.407 e. The molecule has 30 heavy (non-hydrogen) atoms. The molecule has 0 fully saturated rings. The maximum absolute atomic E-state index is 11.4. The SMILES string of the molecule is CC(C)Oc1ccc(-c2nc(-c3cccc4c3CCN(C(=O)O)CC4)no2)cc1Cl. The van der Waals surface area contributed by atoms with Crippen molar-refractivity contribution in [1.29, 1.82) is 0 Å². The highest BCUT2D eigenvalue weighted by atomic mass is 35.5. The summed E-state index contributed by atoms with van der Waals surface area (Å²) in [5, 5.41) is 14.0. The molecular weight excluding hydrogens is 406 g/mol. The zero-order valence-electron chi connectivity index (χ0n) is 16.8.